The minimum absolute atomic E-state index is 0.156. The number of hydrogen-bond acceptors (Lipinski definition) is 4. The van der Waals surface area contributed by atoms with Crippen LogP contribution in [0, 0.1) is 0 Å². The molecule has 2 aliphatic heterocycles. The number of benzene rings is 2. The Morgan fingerprint density at radius 3 is 2.73 bits per heavy atom. The van der Waals surface area contributed by atoms with Crippen LogP contribution in [0.3, 0.4) is 0 Å². The van der Waals surface area contributed by atoms with Gasteiger partial charge in [0.05, 0.1) is 19.2 Å². The summed E-state index contributed by atoms with van der Waals surface area (Å²) in [4.78, 5) is 17.5. The predicted octanol–water partition coefficient (Wildman–Crippen LogP) is 2.93. The van der Waals surface area contributed by atoms with E-state index < -0.39 is 0 Å². The van der Waals surface area contributed by atoms with Gasteiger partial charge >= 0.3 is 0 Å². The molecule has 5 rings (SSSR count). The largest absolute Gasteiger partial charge is 0.493 e. The molecule has 3 aliphatic rings. The molecule has 0 unspecified atom stereocenters. The topological polar surface area (TPSA) is 44.8 Å². The van der Waals surface area contributed by atoms with Gasteiger partial charge in [-0.3, -0.25) is 14.6 Å². The second kappa shape index (κ2) is 8.78. The maximum absolute atomic E-state index is 12.7. The summed E-state index contributed by atoms with van der Waals surface area (Å²) in [5.41, 5.74) is 5.40. The Balaban J connectivity index is 1.09. The summed E-state index contributed by atoms with van der Waals surface area (Å²) >= 11 is 0. The van der Waals surface area contributed by atoms with Crippen molar-refractivity contribution >= 4 is 5.91 Å². The van der Waals surface area contributed by atoms with E-state index in [0.29, 0.717) is 6.54 Å². The molecule has 0 spiro atoms. The molecule has 0 radical (unpaired) electrons. The van der Waals surface area contributed by atoms with E-state index >= 15 is 0 Å². The van der Waals surface area contributed by atoms with Crippen LogP contribution in [0.15, 0.2) is 42.5 Å². The molecule has 2 heterocycles. The predicted molar refractivity (Wildman–Crippen MR) is 118 cm³/mol. The molecule has 1 fully saturated rings. The lowest BCUT2D eigenvalue weighted by molar-refractivity contribution is -0.123. The number of carbonyl (C=O) groups excluding carboxylic acids is 1. The second-order valence-corrected chi connectivity index (χ2v) is 8.80. The third-order valence-corrected chi connectivity index (χ3v) is 6.70. The molecule has 0 bridgehead atoms. The average molecular weight is 406 g/mol. The molecule has 2 aromatic rings. The van der Waals surface area contributed by atoms with Crippen molar-refractivity contribution in [2.45, 2.75) is 38.3 Å². The fraction of sp³-hybridized carbons (Fsp3) is 0.480. The molecule has 5 heteroatoms. The minimum Gasteiger partial charge on any atom is -0.493 e. The quantitative estimate of drug-likeness (QED) is 0.831. The van der Waals surface area contributed by atoms with Gasteiger partial charge in [0.15, 0.2) is 0 Å². The van der Waals surface area contributed by atoms with Crippen LogP contribution in [0.2, 0.25) is 0 Å². The first-order chi connectivity index (χ1) is 14.7. The zero-order valence-corrected chi connectivity index (χ0v) is 17.6. The van der Waals surface area contributed by atoms with E-state index in [1.807, 2.05) is 0 Å². The monoisotopic (exact) mass is 405 g/mol. The van der Waals surface area contributed by atoms with Gasteiger partial charge in [-0.05, 0) is 47.6 Å². The van der Waals surface area contributed by atoms with E-state index in [1.54, 1.807) is 0 Å². The maximum Gasteiger partial charge on any atom is 0.234 e. The van der Waals surface area contributed by atoms with Crippen LogP contribution in [0.25, 0.3) is 0 Å². The van der Waals surface area contributed by atoms with Crippen LogP contribution in [0.4, 0.5) is 0 Å². The van der Waals surface area contributed by atoms with Crippen molar-refractivity contribution in [2.75, 3.05) is 39.3 Å². The summed E-state index contributed by atoms with van der Waals surface area (Å²) in [6.07, 6.45) is 4.34. The number of fused-ring (bicyclic) bond motifs is 2. The van der Waals surface area contributed by atoms with E-state index in [1.165, 1.54) is 22.3 Å². The van der Waals surface area contributed by atoms with E-state index in [9.17, 15) is 4.79 Å². The number of ether oxygens (including phenoxy) is 1. The molecule has 0 aromatic heterocycles. The number of amides is 1. The number of piperazine rings is 1. The average Bonchev–Trinajstić information content (AvgIpc) is 3.23. The number of nitrogens with zero attached hydrogens (tertiary/aromatic N) is 2. The van der Waals surface area contributed by atoms with Gasteiger partial charge in [0.1, 0.15) is 5.75 Å². The zero-order chi connectivity index (χ0) is 20.3. The smallest absolute Gasteiger partial charge is 0.234 e. The Morgan fingerprint density at radius 2 is 1.83 bits per heavy atom. The number of rotatable bonds is 5. The first kappa shape index (κ1) is 19.6. The zero-order valence-electron chi connectivity index (χ0n) is 17.6. The Morgan fingerprint density at radius 1 is 1.00 bits per heavy atom. The Labute approximate surface area is 179 Å². The minimum atomic E-state index is 0.156. The van der Waals surface area contributed by atoms with Gasteiger partial charge in [-0.1, -0.05) is 36.4 Å². The van der Waals surface area contributed by atoms with Crippen molar-refractivity contribution in [2.24, 2.45) is 0 Å². The standard InChI is InChI=1S/C25H31N3O2/c29-25(26-23-7-3-5-20-4-1-2-6-22(20)23)18-28-13-11-27(12-14-28)17-19-8-9-24-21(16-19)10-15-30-24/h1-2,4,6,8-9,16,23H,3,5,7,10-15,17-18H2,(H,26,29)/t23-/m1/s1. The molecule has 1 atom stereocenters. The molecular formula is C25H31N3O2. The molecule has 30 heavy (non-hydrogen) atoms. The number of carbonyl (C=O) groups is 1. The highest BCUT2D eigenvalue weighted by Crippen LogP contribution is 2.29. The molecule has 1 aliphatic carbocycles. The summed E-state index contributed by atoms with van der Waals surface area (Å²) in [7, 11) is 0. The van der Waals surface area contributed by atoms with Gasteiger partial charge < -0.3 is 10.1 Å². The molecule has 5 nitrogen and oxygen atoms in total. The van der Waals surface area contributed by atoms with Crippen molar-refractivity contribution in [1.29, 1.82) is 0 Å². The van der Waals surface area contributed by atoms with Crippen molar-refractivity contribution in [1.82, 2.24) is 15.1 Å². The van der Waals surface area contributed by atoms with Gasteiger partial charge in [0.25, 0.3) is 0 Å². The fourth-order valence-corrected chi connectivity index (χ4v) is 5.05. The van der Waals surface area contributed by atoms with E-state index in [0.717, 1.165) is 70.8 Å². The fourth-order valence-electron chi connectivity index (χ4n) is 5.05. The van der Waals surface area contributed by atoms with Crippen molar-refractivity contribution in [3.63, 3.8) is 0 Å². The van der Waals surface area contributed by atoms with Crippen LogP contribution < -0.4 is 10.1 Å². The first-order valence-corrected chi connectivity index (χ1v) is 11.3. The summed E-state index contributed by atoms with van der Waals surface area (Å²) in [5, 5.41) is 3.29. The Hall–Kier alpha value is -2.37. The van der Waals surface area contributed by atoms with Crippen LogP contribution >= 0.6 is 0 Å². The normalized spacial score (nSPS) is 21.5. The third-order valence-electron chi connectivity index (χ3n) is 6.70. The SMILES string of the molecule is O=C(CN1CCN(Cc2ccc3c(c2)CCO3)CC1)N[C@@H]1CCCc2ccccc21. The highest BCUT2D eigenvalue weighted by molar-refractivity contribution is 5.78. The van der Waals surface area contributed by atoms with Crippen LogP contribution in [-0.2, 0) is 24.2 Å². The lowest BCUT2D eigenvalue weighted by Crippen LogP contribution is -2.49. The number of aryl methyl sites for hydroxylation is 1. The summed E-state index contributed by atoms with van der Waals surface area (Å²) in [5.74, 6) is 1.21. The van der Waals surface area contributed by atoms with E-state index in [-0.39, 0.29) is 11.9 Å². The molecule has 2 aromatic carbocycles. The van der Waals surface area contributed by atoms with Crippen LogP contribution in [0.1, 0.15) is 41.1 Å². The van der Waals surface area contributed by atoms with Crippen molar-refractivity contribution < 1.29 is 9.53 Å². The van der Waals surface area contributed by atoms with Crippen molar-refractivity contribution in [3.05, 3.63) is 64.7 Å². The Kier molecular flexibility index (Phi) is 5.73. The molecule has 1 saturated heterocycles. The molecule has 1 N–H and O–H groups in total. The third kappa shape index (κ3) is 4.37. The first-order valence-electron chi connectivity index (χ1n) is 11.3. The van der Waals surface area contributed by atoms with Crippen LogP contribution in [-0.4, -0.2) is 55.0 Å². The van der Waals surface area contributed by atoms with Crippen molar-refractivity contribution in [3.8, 4) is 5.75 Å². The highest BCUT2D eigenvalue weighted by Gasteiger charge is 2.24. The Bertz CT molecular complexity index is 905. The second-order valence-electron chi connectivity index (χ2n) is 8.80. The molecular weight excluding hydrogens is 374 g/mol. The number of hydrogen-bond donors (Lipinski definition) is 1. The maximum atomic E-state index is 12.7. The van der Waals surface area contributed by atoms with Gasteiger partial charge in [-0.2, -0.15) is 0 Å². The van der Waals surface area contributed by atoms with E-state index in [4.69, 9.17) is 4.74 Å². The van der Waals surface area contributed by atoms with Gasteiger partial charge in [-0.15, -0.1) is 0 Å². The van der Waals surface area contributed by atoms with E-state index in [2.05, 4.69) is 57.6 Å². The number of nitrogens with one attached hydrogen (secondary N) is 1. The molecule has 1 amide bonds. The van der Waals surface area contributed by atoms with Crippen LogP contribution in [0.5, 0.6) is 5.75 Å². The molecule has 0 saturated carbocycles. The van der Waals surface area contributed by atoms with Gasteiger partial charge in [0.2, 0.25) is 5.91 Å². The lowest BCUT2D eigenvalue weighted by atomic mass is 9.88. The molecule has 158 valence electrons. The summed E-state index contributed by atoms with van der Waals surface area (Å²) in [6, 6.07) is 15.3. The summed E-state index contributed by atoms with van der Waals surface area (Å²) < 4.78 is 5.61. The van der Waals surface area contributed by atoms with Gasteiger partial charge in [-0.25, -0.2) is 0 Å². The van der Waals surface area contributed by atoms with Gasteiger partial charge in [0, 0.05) is 39.1 Å². The summed E-state index contributed by atoms with van der Waals surface area (Å²) in [6.45, 7) is 6.20. The highest BCUT2D eigenvalue weighted by atomic mass is 16.5. The lowest BCUT2D eigenvalue weighted by Gasteiger charge is -2.35.